The second-order valence-corrected chi connectivity index (χ2v) is 4.78. The molecule has 1 aliphatic heterocycles. The summed E-state index contributed by atoms with van der Waals surface area (Å²) >= 11 is 0. The Kier molecular flexibility index (Phi) is 4.40. The van der Waals surface area contributed by atoms with Crippen LogP contribution in [0, 0.1) is 0 Å². The molecule has 0 unspecified atom stereocenters. The lowest BCUT2D eigenvalue weighted by molar-refractivity contribution is -0.130. The van der Waals surface area contributed by atoms with Crippen molar-refractivity contribution in [2.24, 2.45) is 5.73 Å². The number of nitrogens with zero attached hydrogens (tertiary/aromatic N) is 1. The van der Waals surface area contributed by atoms with Gasteiger partial charge in [0, 0.05) is 6.54 Å². The number of hydrogen-bond donors (Lipinski definition) is 3. The van der Waals surface area contributed by atoms with Gasteiger partial charge in [-0.15, -0.1) is 0 Å². The maximum Gasteiger partial charge on any atom is 0.413 e. The summed E-state index contributed by atoms with van der Waals surface area (Å²) in [6.07, 6.45) is 1.91. The first-order chi connectivity index (χ1) is 8.24. The zero-order valence-electron chi connectivity index (χ0n) is 9.44. The molecule has 0 saturated heterocycles. The summed E-state index contributed by atoms with van der Waals surface area (Å²) in [6.45, 7) is 1.54. The van der Waals surface area contributed by atoms with E-state index in [1.54, 1.807) is 6.92 Å². The third-order valence-corrected chi connectivity index (χ3v) is 2.65. The highest BCUT2D eigenvalue weighted by molar-refractivity contribution is 7.80. The van der Waals surface area contributed by atoms with Crippen LogP contribution in [0.25, 0.3) is 0 Å². The largest absolute Gasteiger partial charge is 0.413 e. The van der Waals surface area contributed by atoms with Crippen molar-refractivity contribution in [2.45, 2.75) is 19.0 Å². The van der Waals surface area contributed by atoms with Gasteiger partial charge in [-0.25, -0.2) is 0 Å². The van der Waals surface area contributed by atoms with Crippen LogP contribution in [0.2, 0.25) is 0 Å². The van der Waals surface area contributed by atoms with E-state index in [1.807, 2.05) is 5.48 Å². The lowest BCUT2D eigenvalue weighted by atomic mass is 9.99. The molecule has 0 aromatic rings. The van der Waals surface area contributed by atoms with Gasteiger partial charge in [0.05, 0.1) is 6.04 Å². The molecule has 0 aromatic heterocycles. The molecule has 18 heavy (non-hydrogen) atoms. The van der Waals surface area contributed by atoms with Crippen LogP contribution in [0.1, 0.15) is 6.92 Å². The van der Waals surface area contributed by atoms with Gasteiger partial charge in [0.25, 0.3) is 0 Å². The summed E-state index contributed by atoms with van der Waals surface area (Å²) < 4.78 is 33.1. The summed E-state index contributed by atoms with van der Waals surface area (Å²) in [5.74, 6) is -0.690. The van der Waals surface area contributed by atoms with Gasteiger partial charge in [-0.1, -0.05) is 6.08 Å². The van der Waals surface area contributed by atoms with E-state index in [4.69, 9.17) is 10.3 Å². The zero-order valence-corrected chi connectivity index (χ0v) is 10.3. The van der Waals surface area contributed by atoms with E-state index in [2.05, 4.69) is 4.28 Å². The van der Waals surface area contributed by atoms with Crippen LogP contribution in [0.15, 0.2) is 11.6 Å². The van der Waals surface area contributed by atoms with Crippen LogP contribution < -0.4 is 11.2 Å². The Balaban J connectivity index is 2.82. The molecule has 0 radical (unpaired) electrons. The van der Waals surface area contributed by atoms with Crippen molar-refractivity contribution in [3.05, 3.63) is 11.6 Å². The van der Waals surface area contributed by atoms with Crippen molar-refractivity contribution in [1.82, 2.24) is 10.4 Å². The molecule has 1 heterocycles. The van der Waals surface area contributed by atoms with Gasteiger partial charge in [0.1, 0.15) is 6.04 Å². The third-order valence-electron chi connectivity index (χ3n) is 2.34. The number of hydroxylamine groups is 1. The summed E-state index contributed by atoms with van der Waals surface area (Å²) in [5.41, 5.74) is 7.66. The fourth-order valence-electron chi connectivity index (χ4n) is 1.74. The molecule has 9 nitrogen and oxygen atoms in total. The Morgan fingerprint density at radius 1 is 1.72 bits per heavy atom. The average molecular weight is 279 g/mol. The fourth-order valence-corrected chi connectivity index (χ4v) is 1.99. The molecule has 0 bridgehead atoms. The van der Waals surface area contributed by atoms with Gasteiger partial charge < -0.3 is 10.6 Å². The quantitative estimate of drug-likeness (QED) is 0.228. The Morgan fingerprint density at radius 3 is 2.78 bits per heavy atom. The molecule has 10 heteroatoms. The van der Waals surface area contributed by atoms with Gasteiger partial charge in [-0.3, -0.25) is 14.1 Å². The van der Waals surface area contributed by atoms with Crippen LogP contribution in [-0.2, 0) is 24.3 Å². The van der Waals surface area contributed by atoms with Gasteiger partial charge >= 0.3 is 10.4 Å². The fraction of sp³-hybridized carbons (Fsp3) is 0.500. The molecule has 0 saturated carbocycles. The van der Waals surface area contributed by atoms with Gasteiger partial charge in [-0.2, -0.15) is 18.2 Å². The molecular formula is C8H13N3O6S. The number of primary amides is 1. The highest BCUT2D eigenvalue weighted by atomic mass is 32.3. The Hall–Kier alpha value is -1.49. The lowest BCUT2D eigenvalue weighted by Crippen LogP contribution is -2.53. The minimum atomic E-state index is -4.63. The maximum absolute atomic E-state index is 11.2. The van der Waals surface area contributed by atoms with E-state index in [-0.39, 0.29) is 6.54 Å². The Bertz CT molecular complexity index is 473. The molecule has 0 spiro atoms. The van der Waals surface area contributed by atoms with E-state index in [9.17, 15) is 18.0 Å². The molecule has 0 aromatic carbocycles. The highest BCUT2D eigenvalue weighted by Gasteiger charge is 2.31. The van der Waals surface area contributed by atoms with Crippen LogP contribution in [-0.4, -0.2) is 48.8 Å². The normalized spacial score (nSPS) is 24.6. The van der Waals surface area contributed by atoms with E-state index in [1.165, 1.54) is 6.08 Å². The summed E-state index contributed by atoms with van der Waals surface area (Å²) in [4.78, 5) is 23.1. The second-order valence-electron chi connectivity index (χ2n) is 3.75. The smallest absolute Gasteiger partial charge is 0.368 e. The summed E-state index contributed by atoms with van der Waals surface area (Å²) in [5, 5.41) is 0. The molecule has 2 amide bonds. The number of carbonyl (C=O) groups excluding carboxylic acids is 2. The van der Waals surface area contributed by atoms with Crippen LogP contribution in [0.3, 0.4) is 0 Å². The zero-order chi connectivity index (χ0) is 13.9. The van der Waals surface area contributed by atoms with Crippen molar-refractivity contribution in [3.8, 4) is 0 Å². The number of rotatable bonds is 5. The van der Waals surface area contributed by atoms with Gasteiger partial charge in [0.15, 0.2) is 0 Å². The van der Waals surface area contributed by atoms with Crippen molar-refractivity contribution >= 4 is 22.7 Å². The van der Waals surface area contributed by atoms with E-state index >= 15 is 0 Å². The predicted octanol–water partition coefficient (Wildman–Crippen LogP) is -2.05. The maximum atomic E-state index is 11.2. The molecule has 2 atom stereocenters. The first-order valence-corrected chi connectivity index (χ1v) is 6.21. The van der Waals surface area contributed by atoms with Crippen molar-refractivity contribution in [1.29, 1.82) is 0 Å². The number of amides is 2. The lowest BCUT2D eigenvalue weighted by Gasteiger charge is -2.34. The Morgan fingerprint density at radius 2 is 2.33 bits per heavy atom. The van der Waals surface area contributed by atoms with Crippen LogP contribution >= 0.6 is 0 Å². The monoisotopic (exact) mass is 279 g/mol. The first kappa shape index (κ1) is 14.6. The van der Waals surface area contributed by atoms with Crippen molar-refractivity contribution < 1.29 is 26.8 Å². The number of nitrogens with two attached hydrogens (primary N) is 1. The van der Waals surface area contributed by atoms with Crippen molar-refractivity contribution in [2.75, 3.05) is 6.54 Å². The molecule has 102 valence electrons. The number of carbonyl (C=O) groups is 2. The molecule has 0 aliphatic carbocycles. The topological polar surface area (TPSA) is 139 Å². The number of nitrogens with one attached hydrogen (secondary N) is 1. The molecule has 1 aliphatic rings. The van der Waals surface area contributed by atoms with Gasteiger partial charge in [-0.05, 0) is 12.5 Å². The first-order valence-electron chi connectivity index (χ1n) is 4.84. The predicted molar refractivity (Wildman–Crippen MR) is 59.1 cm³/mol. The highest BCUT2D eigenvalue weighted by Crippen LogP contribution is 2.16. The minimum absolute atomic E-state index is 0.0238. The van der Waals surface area contributed by atoms with E-state index < -0.39 is 28.4 Å². The number of hydrogen-bond acceptors (Lipinski definition) is 6. The minimum Gasteiger partial charge on any atom is -0.368 e. The van der Waals surface area contributed by atoms with Gasteiger partial charge in [0.2, 0.25) is 12.3 Å². The third kappa shape index (κ3) is 3.77. The molecule has 1 rings (SSSR count). The standard InChI is InChI=1S/C8H13N3O6S/c1-5-2-6(10-17-18(14,15)16)3-11(4-12)7(5)8(9)13/h2,4,6-7,10H,3H2,1H3,(H2,9,13)(H,14,15,16)/t6-,7+/m1/s1. The summed E-state index contributed by atoms with van der Waals surface area (Å²) in [6, 6.07) is -1.56. The average Bonchev–Trinajstić information content (AvgIpc) is 2.23. The van der Waals surface area contributed by atoms with E-state index in [0.29, 0.717) is 12.0 Å². The molecule has 4 N–H and O–H groups in total. The summed E-state index contributed by atoms with van der Waals surface area (Å²) in [7, 11) is -4.63. The SMILES string of the molecule is CC1=C[C@@H](NOS(=O)(=O)O)CN(C=O)[C@@H]1C(N)=O. The van der Waals surface area contributed by atoms with Crippen LogP contribution in [0.4, 0.5) is 0 Å². The van der Waals surface area contributed by atoms with Crippen LogP contribution in [0.5, 0.6) is 0 Å². The Labute approximate surface area is 103 Å². The second kappa shape index (κ2) is 5.44. The molecular weight excluding hydrogens is 266 g/mol. The van der Waals surface area contributed by atoms with E-state index in [0.717, 1.165) is 4.90 Å². The molecule has 0 fully saturated rings. The van der Waals surface area contributed by atoms with Crippen molar-refractivity contribution in [3.63, 3.8) is 0 Å².